The largest absolute Gasteiger partial charge is 0.495 e. The molecule has 0 aliphatic rings. The van der Waals surface area contributed by atoms with Crippen LogP contribution < -0.4 is 10.1 Å². The van der Waals surface area contributed by atoms with E-state index < -0.39 is 11.9 Å². The first-order valence-corrected chi connectivity index (χ1v) is 5.38. The zero-order chi connectivity index (χ0) is 13.3. The lowest BCUT2D eigenvalue weighted by atomic mass is 10.1. The van der Waals surface area contributed by atoms with Gasteiger partial charge < -0.3 is 15.0 Å². The molecule has 0 spiro atoms. The van der Waals surface area contributed by atoms with Crippen LogP contribution in [0.15, 0.2) is 18.2 Å². The van der Waals surface area contributed by atoms with E-state index in [0.29, 0.717) is 16.7 Å². The van der Waals surface area contributed by atoms with E-state index >= 15 is 0 Å². The van der Waals surface area contributed by atoms with E-state index in [2.05, 4.69) is 10.3 Å². The minimum atomic E-state index is -4.41. The second-order valence-corrected chi connectivity index (χ2v) is 3.89. The molecular formula is C12H13F3N2O. The standard InChI is InChI=1S/C12H13F3N2O/c1-16-6-8-7-4-3-5-9(18-2)10(7)17-11(8)12(13,14)15/h3-5,16-17H,6H2,1-2H3. The number of H-pyrrole nitrogens is 1. The van der Waals surface area contributed by atoms with Crippen LogP contribution in [0.2, 0.25) is 0 Å². The molecule has 1 heterocycles. The first kappa shape index (κ1) is 12.8. The van der Waals surface area contributed by atoms with Crippen molar-refractivity contribution in [2.24, 2.45) is 0 Å². The smallest absolute Gasteiger partial charge is 0.431 e. The fraction of sp³-hybridized carbons (Fsp3) is 0.333. The van der Waals surface area contributed by atoms with Crippen molar-refractivity contribution >= 4 is 10.9 Å². The number of ether oxygens (including phenoxy) is 1. The third kappa shape index (κ3) is 2.03. The maximum Gasteiger partial charge on any atom is 0.431 e. The van der Waals surface area contributed by atoms with E-state index in [-0.39, 0.29) is 12.1 Å². The van der Waals surface area contributed by atoms with E-state index in [4.69, 9.17) is 4.74 Å². The summed E-state index contributed by atoms with van der Waals surface area (Å²) in [5.74, 6) is 0.403. The van der Waals surface area contributed by atoms with Crippen molar-refractivity contribution in [1.29, 1.82) is 0 Å². The van der Waals surface area contributed by atoms with E-state index in [9.17, 15) is 13.2 Å². The van der Waals surface area contributed by atoms with Crippen molar-refractivity contribution in [3.8, 4) is 5.75 Å². The van der Waals surface area contributed by atoms with Crippen LogP contribution in [0.5, 0.6) is 5.75 Å². The van der Waals surface area contributed by atoms with Gasteiger partial charge in [-0.25, -0.2) is 0 Å². The molecule has 2 aromatic rings. The first-order chi connectivity index (χ1) is 8.49. The average Bonchev–Trinajstić information content (AvgIpc) is 2.68. The monoisotopic (exact) mass is 258 g/mol. The molecule has 1 aromatic carbocycles. The van der Waals surface area contributed by atoms with E-state index in [1.54, 1.807) is 25.2 Å². The van der Waals surface area contributed by atoms with Gasteiger partial charge in [-0.1, -0.05) is 12.1 Å². The predicted molar refractivity (Wildman–Crippen MR) is 62.6 cm³/mol. The molecule has 0 radical (unpaired) electrons. The van der Waals surface area contributed by atoms with Gasteiger partial charge in [0.1, 0.15) is 11.4 Å². The highest BCUT2D eigenvalue weighted by Gasteiger charge is 2.36. The van der Waals surface area contributed by atoms with Crippen LogP contribution in [0.3, 0.4) is 0 Å². The quantitative estimate of drug-likeness (QED) is 0.888. The van der Waals surface area contributed by atoms with E-state index in [0.717, 1.165) is 0 Å². The van der Waals surface area contributed by atoms with Gasteiger partial charge in [0.05, 0.1) is 12.6 Å². The third-order valence-corrected chi connectivity index (χ3v) is 2.76. The highest BCUT2D eigenvalue weighted by atomic mass is 19.4. The molecular weight excluding hydrogens is 245 g/mol. The van der Waals surface area contributed by atoms with Gasteiger partial charge in [0, 0.05) is 17.5 Å². The summed E-state index contributed by atoms with van der Waals surface area (Å²) >= 11 is 0. The van der Waals surface area contributed by atoms with Gasteiger partial charge in [0.15, 0.2) is 0 Å². The Kier molecular flexibility index (Phi) is 3.21. The molecule has 98 valence electrons. The minimum absolute atomic E-state index is 0.141. The molecule has 0 saturated heterocycles. The highest BCUT2D eigenvalue weighted by molar-refractivity contribution is 5.89. The van der Waals surface area contributed by atoms with Gasteiger partial charge in [-0.05, 0) is 13.1 Å². The summed E-state index contributed by atoms with van der Waals surface area (Å²) < 4.78 is 43.9. The molecule has 18 heavy (non-hydrogen) atoms. The molecule has 2 rings (SSSR count). The van der Waals surface area contributed by atoms with Crippen molar-refractivity contribution < 1.29 is 17.9 Å². The topological polar surface area (TPSA) is 37.0 Å². The molecule has 0 fully saturated rings. The number of para-hydroxylation sites is 1. The summed E-state index contributed by atoms with van der Waals surface area (Å²) in [6.07, 6.45) is -4.41. The van der Waals surface area contributed by atoms with Crippen LogP contribution in [0.1, 0.15) is 11.3 Å². The lowest BCUT2D eigenvalue weighted by Gasteiger charge is -2.07. The maximum atomic E-state index is 12.9. The van der Waals surface area contributed by atoms with Crippen LogP contribution in [-0.4, -0.2) is 19.1 Å². The van der Waals surface area contributed by atoms with Gasteiger partial charge in [-0.2, -0.15) is 13.2 Å². The highest BCUT2D eigenvalue weighted by Crippen LogP contribution is 2.37. The summed E-state index contributed by atoms with van der Waals surface area (Å²) in [5.41, 5.74) is -0.146. The first-order valence-electron chi connectivity index (χ1n) is 5.38. The van der Waals surface area contributed by atoms with Crippen molar-refractivity contribution in [2.75, 3.05) is 14.2 Å². The summed E-state index contributed by atoms with van der Waals surface area (Å²) in [6, 6.07) is 4.95. The Balaban J connectivity index is 2.74. The average molecular weight is 258 g/mol. The Bertz CT molecular complexity index is 560. The Morgan fingerprint density at radius 1 is 1.33 bits per heavy atom. The lowest BCUT2D eigenvalue weighted by molar-refractivity contribution is -0.141. The van der Waals surface area contributed by atoms with Gasteiger partial charge >= 0.3 is 6.18 Å². The van der Waals surface area contributed by atoms with E-state index in [1.807, 2.05) is 0 Å². The fourth-order valence-corrected chi connectivity index (χ4v) is 2.02. The molecule has 0 saturated carbocycles. The Labute approximate surface area is 102 Å². The van der Waals surface area contributed by atoms with Gasteiger partial charge in [0.2, 0.25) is 0 Å². The number of benzene rings is 1. The molecule has 0 amide bonds. The molecule has 6 heteroatoms. The Morgan fingerprint density at radius 2 is 2.06 bits per heavy atom. The van der Waals surface area contributed by atoms with Crippen LogP contribution in [0.25, 0.3) is 10.9 Å². The summed E-state index contributed by atoms with van der Waals surface area (Å²) in [4.78, 5) is 2.42. The third-order valence-electron chi connectivity index (χ3n) is 2.76. The molecule has 0 atom stereocenters. The van der Waals surface area contributed by atoms with Crippen molar-refractivity contribution in [3.63, 3.8) is 0 Å². The number of alkyl halides is 3. The molecule has 0 aliphatic heterocycles. The maximum absolute atomic E-state index is 12.9. The van der Waals surface area contributed by atoms with Gasteiger partial charge in [-0.3, -0.25) is 0 Å². The predicted octanol–water partition coefficient (Wildman–Crippen LogP) is 2.91. The van der Waals surface area contributed by atoms with Crippen LogP contribution in [-0.2, 0) is 12.7 Å². The number of methoxy groups -OCH3 is 1. The summed E-state index contributed by atoms with van der Waals surface area (Å²) in [7, 11) is 3.04. The van der Waals surface area contributed by atoms with Crippen molar-refractivity contribution in [2.45, 2.75) is 12.7 Å². The number of hydrogen-bond acceptors (Lipinski definition) is 2. The number of nitrogens with one attached hydrogen (secondary N) is 2. The SMILES string of the molecule is CNCc1c(C(F)(F)F)[nH]c2c(OC)cccc12. The summed E-state index contributed by atoms with van der Waals surface area (Å²) in [6.45, 7) is 0.141. The second kappa shape index (κ2) is 4.53. The number of hydrogen-bond donors (Lipinski definition) is 2. The van der Waals surface area contributed by atoms with Crippen LogP contribution in [0.4, 0.5) is 13.2 Å². The molecule has 0 bridgehead atoms. The molecule has 3 nitrogen and oxygen atoms in total. The van der Waals surface area contributed by atoms with Crippen LogP contribution >= 0.6 is 0 Å². The normalized spacial score (nSPS) is 12.1. The van der Waals surface area contributed by atoms with Crippen molar-refractivity contribution in [3.05, 3.63) is 29.5 Å². The number of halogens is 3. The lowest BCUT2D eigenvalue weighted by Crippen LogP contribution is -2.13. The molecule has 2 N–H and O–H groups in total. The minimum Gasteiger partial charge on any atom is -0.495 e. The van der Waals surface area contributed by atoms with Crippen molar-refractivity contribution in [1.82, 2.24) is 10.3 Å². The molecule has 1 aromatic heterocycles. The zero-order valence-corrected chi connectivity index (χ0v) is 9.98. The molecule has 0 unspecified atom stereocenters. The number of aromatic amines is 1. The summed E-state index contributed by atoms with van der Waals surface area (Å²) in [5, 5.41) is 3.28. The Hall–Kier alpha value is -1.69. The zero-order valence-electron chi connectivity index (χ0n) is 9.98. The number of fused-ring (bicyclic) bond motifs is 1. The fourth-order valence-electron chi connectivity index (χ4n) is 2.02. The Morgan fingerprint density at radius 3 is 2.61 bits per heavy atom. The van der Waals surface area contributed by atoms with E-state index in [1.165, 1.54) is 7.11 Å². The van der Waals surface area contributed by atoms with Gasteiger partial charge in [-0.15, -0.1) is 0 Å². The number of rotatable bonds is 3. The number of aromatic nitrogens is 1. The van der Waals surface area contributed by atoms with Gasteiger partial charge in [0.25, 0.3) is 0 Å². The molecule has 0 aliphatic carbocycles. The van der Waals surface area contributed by atoms with Crippen LogP contribution in [0, 0.1) is 0 Å². The second-order valence-electron chi connectivity index (χ2n) is 3.89.